The van der Waals surface area contributed by atoms with Gasteiger partial charge in [-0.05, 0) is 59.1 Å². The Morgan fingerprint density at radius 1 is 0.945 bits per heavy atom. The zero-order valence-corrected chi connectivity index (χ0v) is 33.8. The van der Waals surface area contributed by atoms with Crippen molar-refractivity contribution in [3.8, 4) is 11.5 Å². The summed E-state index contributed by atoms with van der Waals surface area (Å²) in [5.74, 6) is 0.168. The summed E-state index contributed by atoms with van der Waals surface area (Å²) in [5.41, 5.74) is 1.32. The fraction of sp³-hybridized carbons (Fsp3) is 0.439. The van der Waals surface area contributed by atoms with Crippen LogP contribution in [0.4, 0.5) is 0 Å². The number of carbonyl (C=O) groups excluding carboxylic acids is 2. The topological polar surface area (TPSA) is 153 Å². The van der Waals surface area contributed by atoms with Crippen LogP contribution in [0.25, 0.3) is 0 Å². The number of hydrogen-bond acceptors (Lipinski definition) is 10. The first-order valence-electron chi connectivity index (χ1n) is 18.4. The van der Waals surface area contributed by atoms with Crippen molar-refractivity contribution in [3.05, 3.63) is 95.6 Å². The van der Waals surface area contributed by atoms with Gasteiger partial charge in [0.15, 0.2) is 26.4 Å². The second kappa shape index (κ2) is 15.8. The van der Waals surface area contributed by atoms with Crippen molar-refractivity contribution in [2.45, 2.75) is 88.9 Å². The Balaban J connectivity index is 1.41. The van der Waals surface area contributed by atoms with Gasteiger partial charge in [-0.3, -0.25) is 24.8 Å². The largest absolute Gasteiger partial charge is 0.497 e. The lowest BCUT2D eigenvalue weighted by Crippen LogP contribution is -2.56. The molecule has 0 spiro atoms. The molecule has 0 aromatic heterocycles. The number of aliphatic hydroxyl groups is 1. The Morgan fingerprint density at radius 3 is 2.04 bits per heavy atom. The molecule has 3 aliphatic rings. The van der Waals surface area contributed by atoms with Gasteiger partial charge in [-0.25, -0.2) is 0 Å². The molecular formula is C41H51N5O8Si. The summed E-state index contributed by atoms with van der Waals surface area (Å²) in [7, 11) is 0.701. The highest BCUT2D eigenvalue weighted by atomic mass is 28.4. The van der Waals surface area contributed by atoms with E-state index in [4.69, 9.17) is 23.4 Å². The maximum Gasteiger partial charge on any atom is 0.259 e. The number of methoxy groups -OCH3 is 2. The second-order valence-corrected chi connectivity index (χ2v) is 20.4. The van der Waals surface area contributed by atoms with Crippen molar-refractivity contribution < 1.29 is 38.1 Å². The number of amidine groups is 1. The molecule has 14 heteroatoms. The summed E-state index contributed by atoms with van der Waals surface area (Å²) in [6, 6.07) is 24.3. The third-order valence-corrected chi connectivity index (χ3v) is 15.2. The van der Waals surface area contributed by atoms with Crippen LogP contribution in [0.5, 0.6) is 11.5 Å². The molecule has 0 bridgehead atoms. The molecule has 5 atom stereocenters. The van der Waals surface area contributed by atoms with E-state index in [1.54, 1.807) is 33.0 Å². The number of hydrogen-bond donors (Lipinski definition) is 2. The SMILES string of the molecule is COc1ccc(C(OC[C@H]2O[C@@H](N3C=NC4C(=O)NC(=NC(=O)C(C)C)N=C43)[C@H](O[Si](C)(C)C(C)(C)C)[C@@H]2O)(c2ccccc2)c2ccc(OC)cc2)cc1. The number of aliphatic imine (C=N–C) groups is 3. The van der Waals surface area contributed by atoms with Crippen molar-refractivity contribution >= 4 is 38.3 Å². The molecule has 3 aliphatic heterocycles. The summed E-state index contributed by atoms with van der Waals surface area (Å²) in [6.45, 7) is 13.9. The molecule has 13 nitrogen and oxygen atoms in total. The molecule has 3 aromatic rings. The third-order valence-electron chi connectivity index (χ3n) is 10.7. The van der Waals surface area contributed by atoms with Gasteiger partial charge in [0.1, 0.15) is 35.4 Å². The van der Waals surface area contributed by atoms with Crippen LogP contribution >= 0.6 is 0 Å². The van der Waals surface area contributed by atoms with E-state index in [2.05, 4.69) is 54.2 Å². The number of nitrogens with zero attached hydrogens (tertiary/aromatic N) is 4. The van der Waals surface area contributed by atoms with Crippen LogP contribution in [-0.4, -0.2) is 99.7 Å². The molecule has 3 heterocycles. The quantitative estimate of drug-likeness (QED) is 0.186. The van der Waals surface area contributed by atoms with Gasteiger partial charge < -0.3 is 28.5 Å². The van der Waals surface area contributed by atoms with Crippen LogP contribution in [0.15, 0.2) is 93.8 Å². The Hall–Kier alpha value is -4.73. The first kappa shape index (κ1) is 39.9. The van der Waals surface area contributed by atoms with E-state index >= 15 is 0 Å². The van der Waals surface area contributed by atoms with Crippen LogP contribution in [-0.2, 0) is 29.1 Å². The fourth-order valence-electron chi connectivity index (χ4n) is 6.51. The molecule has 2 N–H and O–H groups in total. The first-order chi connectivity index (χ1) is 26.1. The predicted molar refractivity (Wildman–Crippen MR) is 212 cm³/mol. The van der Waals surface area contributed by atoms with Crippen LogP contribution in [0.2, 0.25) is 18.1 Å². The number of fused-ring (bicyclic) bond motifs is 1. The number of ether oxygens (including phenoxy) is 4. The monoisotopic (exact) mass is 769 g/mol. The molecule has 3 aromatic carbocycles. The smallest absolute Gasteiger partial charge is 0.259 e. The van der Waals surface area contributed by atoms with Gasteiger partial charge in [0.05, 0.1) is 27.2 Å². The normalized spacial score (nSPS) is 23.5. The van der Waals surface area contributed by atoms with Crippen LogP contribution in [0.1, 0.15) is 51.3 Å². The van der Waals surface area contributed by atoms with Crippen LogP contribution in [0, 0.1) is 5.92 Å². The average Bonchev–Trinajstić information content (AvgIpc) is 3.72. The van der Waals surface area contributed by atoms with Gasteiger partial charge in [-0.1, -0.05) is 89.2 Å². The standard InChI is InChI=1S/C41H51N5O8Si/c1-25(2)36(48)44-39-43-35-32(37(49)45-39)42-24-46(35)38-34(54-55(8,9)40(3,4)5)33(47)31(53-38)23-52-41(26-13-11-10-12-14-26,27-15-19-29(50-6)20-16-27)28-17-21-30(51-7)22-18-28/h10-22,24-25,31-34,38,47H,23H2,1-9H3,(H,44,45,48,49)/t31-,32?,33-,34-,38-/m1/s1. The predicted octanol–water partition coefficient (Wildman–Crippen LogP) is 5.27. The van der Waals surface area contributed by atoms with Crippen molar-refractivity contribution in [2.75, 3.05) is 20.8 Å². The maximum atomic E-state index is 13.2. The minimum atomic E-state index is -2.54. The van der Waals surface area contributed by atoms with E-state index in [1.807, 2.05) is 78.9 Å². The molecule has 1 unspecified atom stereocenters. The number of rotatable bonds is 12. The van der Waals surface area contributed by atoms with E-state index in [0.717, 1.165) is 16.7 Å². The van der Waals surface area contributed by atoms with E-state index in [1.165, 1.54) is 6.34 Å². The number of benzene rings is 3. The average molecular weight is 770 g/mol. The Bertz CT molecular complexity index is 1900. The molecule has 1 saturated heterocycles. The Labute approximate surface area is 323 Å². The molecular weight excluding hydrogens is 719 g/mol. The summed E-state index contributed by atoms with van der Waals surface area (Å²) < 4.78 is 31.8. The molecule has 6 rings (SSSR count). The number of amides is 2. The highest BCUT2D eigenvalue weighted by molar-refractivity contribution is 6.74. The van der Waals surface area contributed by atoms with Gasteiger partial charge in [0.2, 0.25) is 5.96 Å². The van der Waals surface area contributed by atoms with Crippen LogP contribution < -0.4 is 14.8 Å². The molecule has 0 saturated carbocycles. The van der Waals surface area contributed by atoms with E-state index < -0.39 is 62.2 Å². The lowest BCUT2D eigenvalue weighted by Gasteiger charge is -2.41. The second-order valence-electron chi connectivity index (χ2n) is 15.7. The van der Waals surface area contributed by atoms with Crippen molar-refractivity contribution in [1.29, 1.82) is 0 Å². The summed E-state index contributed by atoms with van der Waals surface area (Å²) in [6.07, 6.45) is -2.44. The highest BCUT2D eigenvalue weighted by Gasteiger charge is 2.55. The first-order valence-corrected chi connectivity index (χ1v) is 21.3. The number of nitrogens with one attached hydrogen (secondary N) is 1. The van der Waals surface area contributed by atoms with E-state index in [9.17, 15) is 14.7 Å². The lowest BCUT2D eigenvalue weighted by molar-refractivity contribution is -0.120. The van der Waals surface area contributed by atoms with Crippen molar-refractivity contribution in [3.63, 3.8) is 0 Å². The van der Waals surface area contributed by atoms with Gasteiger partial charge in [0.25, 0.3) is 11.8 Å². The molecule has 55 heavy (non-hydrogen) atoms. The third kappa shape index (κ3) is 7.87. The zero-order chi connectivity index (χ0) is 39.7. The minimum Gasteiger partial charge on any atom is -0.497 e. The van der Waals surface area contributed by atoms with Crippen LogP contribution in [0.3, 0.4) is 0 Å². The maximum absolute atomic E-state index is 13.2. The highest BCUT2D eigenvalue weighted by Crippen LogP contribution is 2.44. The number of aliphatic hydroxyl groups excluding tert-OH is 1. The number of guanidine groups is 1. The molecule has 2 amide bonds. The van der Waals surface area contributed by atoms with Gasteiger partial charge in [-0.15, -0.1) is 0 Å². The van der Waals surface area contributed by atoms with E-state index in [-0.39, 0.29) is 23.4 Å². The fourth-order valence-corrected chi connectivity index (χ4v) is 7.80. The summed E-state index contributed by atoms with van der Waals surface area (Å²) in [5, 5.41) is 14.6. The zero-order valence-electron chi connectivity index (χ0n) is 32.8. The van der Waals surface area contributed by atoms with E-state index in [0.29, 0.717) is 11.5 Å². The molecule has 1 fully saturated rings. The molecule has 292 valence electrons. The Morgan fingerprint density at radius 2 is 1.51 bits per heavy atom. The number of carbonyl (C=O) groups is 2. The Kier molecular flexibility index (Phi) is 11.5. The summed E-state index contributed by atoms with van der Waals surface area (Å²) >= 11 is 0. The lowest BCUT2D eigenvalue weighted by atomic mass is 9.80. The molecule has 0 radical (unpaired) electrons. The minimum absolute atomic E-state index is 0.0705. The van der Waals surface area contributed by atoms with Crippen molar-refractivity contribution in [2.24, 2.45) is 20.9 Å². The van der Waals surface area contributed by atoms with Gasteiger partial charge in [-0.2, -0.15) is 9.98 Å². The summed E-state index contributed by atoms with van der Waals surface area (Å²) in [4.78, 5) is 40.3. The van der Waals surface area contributed by atoms with Gasteiger partial charge in [0, 0.05) is 5.92 Å². The molecule has 0 aliphatic carbocycles. The van der Waals surface area contributed by atoms with Crippen molar-refractivity contribution in [1.82, 2.24) is 10.2 Å². The van der Waals surface area contributed by atoms with Gasteiger partial charge >= 0.3 is 0 Å².